The van der Waals surface area contributed by atoms with Gasteiger partial charge in [-0.1, -0.05) is 20.8 Å². The van der Waals surface area contributed by atoms with Crippen molar-refractivity contribution in [3.63, 3.8) is 0 Å². The molecule has 5 heteroatoms. The lowest BCUT2D eigenvalue weighted by Gasteiger charge is -2.19. The van der Waals surface area contributed by atoms with Crippen LogP contribution in [0.1, 0.15) is 33.6 Å². The molecule has 15 heavy (non-hydrogen) atoms. The van der Waals surface area contributed by atoms with Crippen molar-refractivity contribution in [2.24, 2.45) is 17.4 Å². The molecule has 88 valence electrons. The molecule has 5 nitrogen and oxygen atoms in total. The second kappa shape index (κ2) is 6.40. The standard InChI is InChI=1S/C10H21N3O2/c1-4-7(11)5-8(14)13-9(6(2)3)10(12)15/h6-7,9H,4-5,11H2,1-3H3,(H2,12,15)(H,13,14). The Morgan fingerprint density at radius 1 is 1.33 bits per heavy atom. The summed E-state index contributed by atoms with van der Waals surface area (Å²) in [7, 11) is 0. The summed E-state index contributed by atoms with van der Waals surface area (Å²) in [6.45, 7) is 5.57. The smallest absolute Gasteiger partial charge is 0.240 e. The Bertz CT molecular complexity index is 229. The lowest BCUT2D eigenvalue weighted by Crippen LogP contribution is -2.48. The van der Waals surface area contributed by atoms with Gasteiger partial charge in [0.25, 0.3) is 0 Å². The van der Waals surface area contributed by atoms with Crippen LogP contribution in [0.4, 0.5) is 0 Å². The number of carbonyl (C=O) groups is 2. The van der Waals surface area contributed by atoms with Crippen LogP contribution in [0.15, 0.2) is 0 Å². The van der Waals surface area contributed by atoms with Gasteiger partial charge in [0.2, 0.25) is 11.8 Å². The van der Waals surface area contributed by atoms with Crippen molar-refractivity contribution in [2.45, 2.75) is 45.7 Å². The van der Waals surface area contributed by atoms with Crippen LogP contribution in [0.25, 0.3) is 0 Å². The number of nitrogens with two attached hydrogens (primary N) is 2. The second-order valence-corrected chi connectivity index (χ2v) is 4.06. The number of hydrogen-bond acceptors (Lipinski definition) is 3. The first kappa shape index (κ1) is 13.9. The number of amides is 2. The van der Waals surface area contributed by atoms with Crippen LogP contribution in [0, 0.1) is 5.92 Å². The van der Waals surface area contributed by atoms with Crippen LogP contribution in [0.2, 0.25) is 0 Å². The second-order valence-electron chi connectivity index (χ2n) is 4.06. The van der Waals surface area contributed by atoms with Gasteiger partial charge in [0.05, 0.1) is 0 Å². The van der Waals surface area contributed by atoms with E-state index in [1.807, 2.05) is 20.8 Å². The van der Waals surface area contributed by atoms with Gasteiger partial charge >= 0.3 is 0 Å². The number of rotatable bonds is 6. The monoisotopic (exact) mass is 215 g/mol. The Morgan fingerprint density at radius 3 is 2.20 bits per heavy atom. The molecular formula is C10H21N3O2. The first-order valence-electron chi connectivity index (χ1n) is 5.22. The molecule has 0 aromatic carbocycles. The molecule has 5 N–H and O–H groups in total. The zero-order valence-corrected chi connectivity index (χ0v) is 9.62. The number of nitrogens with one attached hydrogen (secondary N) is 1. The van der Waals surface area contributed by atoms with Gasteiger partial charge in [-0.05, 0) is 12.3 Å². The fraction of sp³-hybridized carbons (Fsp3) is 0.800. The molecule has 2 unspecified atom stereocenters. The SMILES string of the molecule is CCC(N)CC(=O)NC(C(N)=O)C(C)C. The third-order valence-corrected chi connectivity index (χ3v) is 2.26. The fourth-order valence-electron chi connectivity index (χ4n) is 1.18. The molecule has 2 atom stereocenters. The molecule has 0 aromatic heterocycles. The van der Waals surface area contributed by atoms with Gasteiger partial charge in [0.1, 0.15) is 6.04 Å². The summed E-state index contributed by atoms with van der Waals surface area (Å²) >= 11 is 0. The van der Waals surface area contributed by atoms with E-state index >= 15 is 0 Å². The Morgan fingerprint density at radius 2 is 1.87 bits per heavy atom. The minimum Gasteiger partial charge on any atom is -0.368 e. The van der Waals surface area contributed by atoms with Crippen molar-refractivity contribution < 1.29 is 9.59 Å². The van der Waals surface area contributed by atoms with E-state index in [4.69, 9.17) is 11.5 Å². The molecule has 0 radical (unpaired) electrons. The van der Waals surface area contributed by atoms with Gasteiger partial charge in [-0.15, -0.1) is 0 Å². The topological polar surface area (TPSA) is 98.2 Å². The number of hydrogen-bond donors (Lipinski definition) is 3. The van der Waals surface area contributed by atoms with Crippen molar-refractivity contribution in [3.05, 3.63) is 0 Å². The summed E-state index contributed by atoms with van der Waals surface area (Å²) in [6.07, 6.45) is 0.962. The van der Waals surface area contributed by atoms with E-state index in [-0.39, 0.29) is 24.3 Å². The molecule has 0 aromatic rings. The molecule has 0 aliphatic rings. The predicted molar refractivity (Wildman–Crippen MR) is 58.8 cm³/mol. The van der Waals surface area contributed by atoms with Gasteiger partial charge in [0, 0.05) is 12.5 Å². The van der Waals surface area contributed by atoms with Crippen LogP contribution in [0.5, 0.6) is 0 Å². The Balaban J connectivity index is 4.18. The average molecular weight is 215 g/mol. The van der Waals surface area contributed by atoms with Crippen molar-refractivity contribution >= 4 is 11.8 Å². The van der Waals surface area contributed by atoms with E-state index in [0.29, 0.717) is 0 Å². The van der Waals surface area contributed by atoms with Crippen molar-refractivity contribution in [2.75, 3.05) is 0 Å². The Hall–Kier alpha value is -1.10. The third kappa shape index (κ3) is 5.37. The summed E-state index contributed by atoms with van der Waals surface area (Å²) in [5.41, 5.74) is 10.8. The lowest BCUT2D eigenvalue weighted by molar-refractivity contribution is -0.128. The maximum absolute atomic E-state index is 11.4. The van der Waals surface area contributed by atoms with E-state index in [0.717, 1.165) is 6.42 Å². The first-order chi connectivity index (χ1) is 6.88. The van der Waals surface area contributed by atoms with Crippen LogP contribution < -0.4 is 16.8 Å². The maximum atomic E-state index is 11.4. The molecule has 2 amide bonds. The van der Waals surface area contributed by atoms with Crippen LogP contribution in [-0.4, -0.2) is 23.9 Å². The number of primary amides is 1. The third-order valence-electron chi connectivity index (χ3n) is 2.26. The molecule has 0 aliphatic heterocycles. The van der Waals surface area contributed by atoms with Crippen LogP contribution in [-0.2, 0) is 9.59 Å². The predicted octanol–water partition coefficient (Wildman–Crippen LogP) is -0.260. The summed E-state index contributed by atoms with van der Waals surface area (Å²) < 4.78 is 0. The van der Waals surface area contributed by atoms with E-state index in [2.05, 4.69) is 5.32 Å². The molecular weight excluding hydrogens is 194 g/mol. The quantitative estimate of drug-likeness (QED) is 0.569. The van der Waals surface area contributed by atoms with E-state index in [1.54, 1.807) is 0 Å². The molecule has 0 saturated heterocycles. The normalized spacial score (nSPS) is 14.7. The first-order valence-corrected chi connectivity index (χ1v) is 5.22. The summed E-state index contributed by atoms with van der Waals surface area (Å²) in [6, 6.07) is -0.771. The molecule has 0 rings (SSSR count). The summed E-state index contributed by atoms with van der Waals surface area (Å²) in [4.78, 5) is 22.4. The molecule has 0 heterocycles. The lowest BCUT2D eigenvalue weighted by atomic mass is 10.0. The van der Waals surface area contributed by atoms with Crippen LogP contribution in [0.3, 0.4) is 0 Å². The molecule has 0 fully saturated rings. The summed E-state index contributed by atoms with van der Waals surface area (Å²) in [5, 5.41) is 2.59. The highest BCUT2D eigenvalue weighted by atomic mass is 16.2. The summed E-state index contributed by atoms with van der Waals surface area (Å²) in [5.74, 6) is -0.741. The molecule has 0 spiro atoms. The minimum atomic E-state index is -0.610. The van der Waals surface area contributed by atoms with Gasteiger partial charge in [-0.25, -0.2) is 0 Å². The van der Waals surface area contributed by atoms with Gasteiger partial charge in [-0.2, -0.15) is 0 Å². The van der Waals surface area contributed by atoms with Gasteiger partial charge in [-0.3, -0.25) is 9.59 Å². The van der Waals surface area contributed by atoms with Crippen LogP contribution >= 0.6 is 0 Å². The highest BCUT2D eigenvalue weighted by molar-refractivity contribution is 5.86. The largest absolute Gasteiger partial charge is 0.368 e. The zero-order valence-electron chi connectivity index (χ0n) is 9.62. The molecule has 0 bridgehead atoms. The Kier molecular flexibility index (Phi) is 5.93. The fourth-order valence-corrected chi connectivity index (χ4v) is 1.18. The van der Waals surface area contributed by atoms with Gasteiger partial charge in [0.15, 0.2) is 0 Å². The maximum Gasteiger partial charge on any atom is 0.240 e. The molecule has 0 saturated carbocycles. The van der Waals surface area contributed by atoms with Gasteiger partial charge < -0.3 is 16.8 Å². The van der Waals surface area contributed by atoms with E-state index < -0.39 is 11.9 Å². The number of carbonyl (C=O) groups excluding carboxylic acids is 2. The van der Waals surface area contributed by atoms with Crippen molar-refractivity contribution in [3.8, 4) is 0 Å². The molecule has 0 aliphatic carbocycles. The van der Waals surface area contributed by atoms with E-state index in [1.165, 1.54) is 0 Å². The average Bonchev–Trinajstić information content (AvgIpc) is 2.12. The highest BCUT2D eigenvalue weighted by Gasteiger charge is 2.21. The van der Waals surface area contributed by atoms with Crippen molar-refractivity contribution in [1.29, 1.82) is 0 Å². The minimum absolute atomic E-state index is 0.00991. The zero-order chi connectivity index (χ0) is 12.0. The Labute approximate surface area is 90.6 Å². The van der Waals surface area contributed by atoms with E-state index in [9.17, 15) is 9.59 Å². The highest BCUT2D eigenvalue weighted by Crippen LogP contribution is 2.02. The van der Waals surface area contributed by atoms with Crippen molar-refractivity contribution in [1.82, 2.24) is 5.32 Å².